The molecule has 1 aliphatic heterocycles. The van der Waals surface area contributed by atoms with E-state index in [1.165, 1.54) is 0 Å². The SMILES string of the molecule is Cl.O/N=c1\cc(-c2cc3cccn3cn2)oc2ccc(OCCN3CCOCC3)cc12. The van der Waals surface area contributed by atoms with Crippen LogP contribution in [0.4, 0.5) is 0 Å². The first-order valence-electron chi connectivity index (χ1n) is 9.92. The molecule has 1 saturated heterocycles. The maximum absolute atomic E-state index is 9.58. The molecule has 0 spiro atoms. The van der Waals surface area contributed by atoms with E-state index < -0.39 is 0 Å². The van der Waals surface area contributed by atoms with Gasteiger partial charge in [-0.05, 0) is 36.4 Å². The summed E-state index contributed by atoms with van der Waals surface area (Å²) in [7, 11) is 0. The molecule has 31 heavy (non-hydrogen) atoms. The van der Waals surface area contributed by atoms with Gasteiger partial charge in [0.25, 0.3) is 0 Å². The molecule has 1 aromatic carbocycles. The van der Waals surface area contributed by atoms with Crippen molar-refractivity contribution in [3.63, 3.8) is 0 Å². The van der Waals surface area contributed by atoms with Crippen molar-refractivity contribution in [3.05, 3.63) is 60.3 Å². The van der Waals surface area contributed by atoms with Crippen molar-refractivity contribution >= 4 is 28.9 Å². The van der Waals surface area contributed by atoms with Crippen LogP contribution in [0.15, 0.2) is 64.6 Å². The quantitative estimate of drug-likeness (QED) is 0.377. The predicted octanol–water partition coefficient (Wildman–Crippen LogP) is 3.17. The van der Waals surface area contributed by atoms with Gasteiger partial charge >= 0.3 is 0 Å². The van der Waals surface area contributed by atoms with Crippen LogP contribution in [0.5, 0.6) is 5.75 Å². The molecule has 0 saturated carbocycles. The van der Waals surface area contributed by atoms with Gasteiger partial charge in [-0.3, -0.25) is 4.90 Å². The van der Waals surface area contributed by atoms with E-state index in [9.17, 15) is 5.21 Å². The zero-order chi connectivity index (χ0) is 20.3. The molecule has 8 nitrogen and oxygen atoms in total. The van der Waals surface area contributed by atoms with E-state index in [2.05, 4.69) is 15.0 Å². The van der Waals surface area contributed by atoms with Crippen LogP contribution in [0.25, 0.3) is 27.9 Å². The number of aromatic nitrogens is 2. The third-order valence-electron chi connectivity index (χ3n) is 5.27. The van der Waals surface area contributed by atoms with Crippen molar-refractivity contribution in [2.75, 3.05) is 39.5 Å². The van der Waals surface area contributed by atoms with E-state index in [-0.39, 0.29) is 12.4 Å². The zero-order valence-electron chi connectivity index (χ0n) is 16.8. The van der Waals surface area contributed by atoms with Crippen molar-refractivity contribution in [1.29, 1.82) is 0 Å². The van der Waals surface area contributed by atoms with E-state index in [1.807, 2.05) is 47.0 Å². The van der Waals surface area contributed by atoms with Gasteiger partial charge in [0.2, 0.25) is 0 Å². The maximum atomic E-state index is 9.58. The van der Waals surface area contributed by atoms with Gasteiger partial charge in [0.1, 0.15) is 29.0 Å². The van der Waals surface area contributed by atoms with Crippen molar-refractivity contribution in [1.82, 2.24) is 14.3 Å². The lowest BCUT2D eigenvalue weighted by Gasteiger charge is -2.26. The highest BCUT2D eigenvalue weighted by Crippen LogP contribution is 2.24. The van der Waals surface area contributed by atoms with Crippen LogP contribution < -0.4 is 10.1 Å². The largest absolute Gasteiger partial charge is 0.492 e. The minimum atomic E-state index is 0. The average Bonchev–Trinajstić information content (AvgIpc) is 3.27. The highest BCUT2D eigenvalue weighted by molar-refractivity contribution is 5.85. The fourth-order valence-electron chi connectivity index (χ4n) is 3.64. The molecule has 0 atom stereocenters. The number of morpholine rings is 1. The summed E-state index contributed by atoms with van der Waals surface area (Å²) >= 11 is 0. The van der Waals surface area contributed by atoms with Crippen LogP contribution in [0.3, 0.4) is 0 Å². The lowest BCUT2D eigenvalue weighted by atomic mass is 10.2. The number of halogens is 1. The summed E-state index contributed by atoms with van der Waals surface area (Å²) in [4.78, 5) is 6.76. The molecule has 162 valence electrons. The standard InChI is InChI=1S/C22H22N4O4.ClH/c27-24-19-14-22(20-12-16-2-1-5-26(16)15-23-20)30-21-4-3-17(13-18(19)21)29-11-8-25-6-9-28-10-7-25;/h1-5,12-15,27H,6-11H2;1H/b24-19+;. The third-order valence-corrected chi connectivity index (χ3v) is 5.27. The normalized spacial score (nSPS) is 15.3. The molecule has 0 bridgehead atoms. The summed E-state index contributed by atoms with van der Waals surface area (Å²) in [5.41, 5.74) is 2.26. The Morgan fingerprint density at radius 1 is 1.13 bits per heavy atom. The summed E-state index contributed by atoms with van der Waals surface area (Å²) < 4.78 is 19.2. The maximum Gasteiger partial charge on any atom is 0.155 e. The Bertz CT molecular complexity index is 1250. The molecule has 0 radical (unpaired) electrons. The molecule has 3 aromatic heterocycles. The molecule has 1 aliphatic rings. The van der Waals surface area contributed by atoms with Gasteiger partial charge in [0, 0.05) is 37.4 Å². The fourth-order valence-corrected chi connectivity index (χ4v) is 3.64. The van der Waals surface area contributed by atoms with E-state index >= 15 is 0 Å². The molecular formula is C22H23ClN4O4. The molecule has 9 heteroatoms. The average molecular weight is 443 g/mol. The van der Waals surface area contributed by atoms with Gasteiger partial charge in [-0.15, -0.1) is 12.4 Å². The molecule has 0 aliphatic carbocycles. The minimum absolute atomic E-state index is 0. The van der Waals surface area contributed by atoms with Crippen molar-refractivity contribution < 1.29 is 19.1 Å². The van der Waals surface area contributed by atoms with Gasteiger partial charge in [0.05, 0.1) is 24.9 Å². The van der Waals surface area contributed by atoms with E-state index in [4.69, 9.17) is 13.9 Å². The van der Waals surface area contributed by atoms with E-state index in [0.717, 1.165) is 38.4 Å². The third kappa shape index (κ3) is 4.51. The molecule has 1 N–H and O–H groups in total. The molecular weight excluding hydrogens is 420 g/mol. The Labute approximate surface area is 184 Å². The Kier molecular flexibility index (Phi) is 6.41. The van der Waals surface area contributed by atoms with Crippen molar-refractivity contribution in [2.45, 2.75) is 0 Å². The molecule has 0 unspecified atom stereocenters. The Balaban J connectivity index is 0.00000231. The Hall–Kier alpha value is -3.07. The topological polar surface area (TPSA) is 84.7 Å². The van der Waals surface area contributed by atoms with Crippen molar-refractivity contribution in [3.8, 4) is 17.2 Å². The van der Waals surface area contributed by atoms with Gasteiger partial charge in [-0.1, -0.05) is 5.16 Å². The number of hydrogen-bond donors (Lipinski definition) is 1. The molecule has 5 rings (SSSR count). The van der Waals surface area contributed by atoms with Gasteiger partial charge < -0.3 is 23.5 Å². The second kappa shape index (κ2) is 9.38. The second-order valence-electron chi connectivity index (χ2n) is 7.17. The second-order valence-corrected chi connectivity index (χ2v) is 7.17. The van der Waals surface area contributed by atoms with Crippen LogP contribution in [-0.2, 0) is 4.74 Å². The number of hydrogen-bond acceptors (Lipinski definition) is 7. The van der Waals surface area contributed by atoms with Crippen molar-refractivity contribution in [2.24, 2.45) is 5.16 Å². The molecule has 4 aromatic rings. The van der Waals surface area contributed by atoms with Gasteiger partial charge in [0.15, 0.2) is 5.76 Å². The molecule has 4 heterocycles. The first-order chi connectivity index (χ1) is 14.8. The number of rotatable bonds is 5. The Morgan fingerprint density at radius 2 is 2.00 bits per heavy atom. The first kappa shape index (κ1) is 21.2. The fraction of sp³-hybridized carbons (Fsp3) is 0.273. The monoisotopic (exact) mass is 442 g/mol. The van der Waals surface area contributed by atoms with Crippen LogP contribution in [0, 0.1) is 0 Å². The highest BCUT2D eigenvalue weighted by Gasteiger charge is 2.12. The molecule has 0 amide bonds. The van der Waals surface area contributed by atoms with Crippen LogP contribution in [0.2, 0.25) is 0 Å². The molecule has 1 fully saturated rings. The summed E-state index contributed by atoms with van der Waals surface area (Å²) in [5, 5.41) is 14.1. The summed E-state index contributed by atoms with van der Waals surface area (Å²) in [6.45, 7) is 4.82. The highest BCUT2D eigenvalue weighted by atomic mass is 35.5. The Morgan fingerprint density at radius 3 is 2.84 bits per heavy atom. The van der Waals surface area contributed by atoms with Crippen LogP contribution >= 0.6 is 12.4 Å². The number of ether oxygens (including phenoxy) is 2. The lowest BCUT2D eigenvalue weighted by Crippen LogP contribution is -2.38. The summed E-state index contributed by atoms with van der Waals surface area (Å²) in [6.07, 6.45) is 3.66. The summed E-state index contributed by atoms with van der Waals surface area (Å²) in [6, 6.07) is 13.1. The number of benzene rings is 1. The van der Waals surface area contributed by atoms with Crippen LogP contribution in [-0.4, -0.2) is 58.9 Å². The van der Waals surface area contributed by atoms with E-state index in [0.29, 0.717) is 40.1 Å². The minimum Gasteiger partial charge on any atom is -0.492 e. The van der Waals surface area contributed by atoms with Crippen LogP contribution in [0.1, 0.15) is 0 Å². The smallest absolute Gasteiger partial charge is 0.155 e. The first-order valence-corrected chi connectivity index (χ1v) is 9.92. The summed E-state index contributed by atoms with van der Waals surface area (Å²) in [5.74, 6) is 1.23. The predicted molar refractivity (Wildman–Crippen MR) is 118 cm³/mol. The van der Waals surface area contributed by atoms with Gasteiger partial charge in [-0.25, -0.2) is 4.98 Å². The van der Waals surface area contributed by atoms with Gasteiger partial charge in [-0.2, -0.15) is 0 Å². The lowest BCUT2D eigenvalue weighted by molar-refractivity contribution is 0.0322. The number of fused-ring (bicyclic) bond motifs is 2. The van der Waals surface area contributed by atoms with E-state index in [1.54, 1.807) is 12.4 Å². The number of nitrogens with zero attached hydrogens (tertiary/aromatic N) is 4. The zero-order valence-corrected chi connectivity index (χ0v) is 17.6.